The second kappa shape index (κ2) is 7.88. The van der Waals surface area contributed by atoms with E-state index >= 15 is 0 Å². The van der Waals surface area contributed by atoms with E-state index in [0.29, 0.717) is 13.0 Å². The number of hydrogen-bond acceptors (Lipinski definition) is 6. The second-order valence-corrected chi connectivity index (χ2v) is 6.87. The van der Waals surface area contributed by atoms with Crippen molar-refractivity contribution in [2.24, 2.45) is 11.3 Å². The zero-order chi connectivity index (χ0) is 19.4. The molecule has 6 nitrogen and oxygen atoms in total. The van der Waals surface area contributed by atoms with Gasteiger partial charge in [-0.15, -0.1) is 0 Å². The van der Waals surface area contributed by atoms with Gasteiger partial charge in [-0.3, -0.25) is 19.5 Å². The van der Waals surface area contributed by atoms with Crippen molar-refractivity contribution in [2.45, 2.75) is 12.5 Å². The fourth-order valence-electron chi connectivity index (χ4n) is 4.32. The Morgan fingerprint density at radius 3 is 2.33 bits per heavy atom. The highest BCUT2D eigenvalue weighted by Gasteiger charge is 2.65. The summed E-state index contributed by atoms with van der Waals surface area (Å²) in [6, 6.07) is 13.0. The molecular formula is C21H24N2O4. The summed E-state index contributed by atoms with van der Waals surface area (Å²) >= 11 is 0. The molecule has 0 radical (unpaired) electrons. The Hall–Kier alpha value is -2.73. The van der Waals surface area contributed by atoms with Gasteiger partial charge in [-0.25, -0.2) is 0 Å². The number of aromatic nitrogens is 1. The highest BCUT2D eigenvalue weighted by molar-refractivity contribution is 6.02. The van der Waals surface area contributed by atoms with E-state index in [1.54, 1.807) is 18.5 Å². The van der Waals surface area contributed by atoms with Crippen LogP contribution in [-0.4, -0.2) is 49.6 Å². The van der Waals surface area contributed by atoms with Crippen molar-refractivity contribution in [2.75, 3.05) is 27.8 Å². The topological polar surface area (TPSA) is 68.7 Å². The zero-order valence-electron chi connectivity index (χ0n) is 15.8. The number of ether oxygens (including phenoxy) is 2. The Morgan fingerprint density at radius 2 is 1.78 bits per heavy atom. The minimum Gasteiger partial charge on any atom is -0.468 e. The van der Waals surface area contributed by atoms with Crippen molar-refractivity contribution in [3.8, 4) is 0 Å². The van der Waals surface area contributed by atoms with Crippen LogP contribution in [0.4, 0.5) is 0 Å². The van der Waals surface area contributed by atoms with Crippen LogP contribution in [0.5, 0.6) is 0 Å². The van der Waals surface area contributed by atoms with Crippen LogP contribution >= 0.6 is 0 Å². The lowest BCUT2D eigenvalue weighted by molar-refractivity contribution is -0.174. The van der Waals surface area contributed by atoms with Gasteiger partial charge in [0.2, 0.25) is 0 Å². The number of esters is 2. The van der Waals surface area contributed by atoms with Gasteiger partial charge in [0.25, 0.3) is 0 Å². The van der Waals surface area contributed by atoms with Gasteiger partial charge in [0.05, 0.1) is 20.3 Å². The van der Waals surface area contributed by atoms with Crippen LogP contribution in [-0.2, 0) is 25.5 Å². The molecule has 2 atom stereocenters. The smallest absolute Gasteiger partial charge is 0.325 e. The Morgan fingerprint density at radius 1 is 1.11 bits per heavy atom. The molecule has 1 fully saturated rings. The van der Waals surface area contributed by atoms with Gasteiger partial charge in [0, 0.05) is 24.9 Å². The molecule has 2 aromatic rings. The van der Waals surface area contributed by atoms with E-state index in [1.807, 2.05) is 48.3 Å². The molecule has 0 saturated carbocycles. The van der Waals surface area contributed by atoms with E-state index in [-0.39, 0.29) is 5.92 Å². The first-order valence-corrected chi connectivity index (χ1v) is 8.86. The number of methoxy groups -OCH3 is 2. The quantitative estimate of drug-likeness (QED) is 0.596. The Labute approximate surface area is 159 Å². The molecule has 0 aliphatic carbocycles. The maximum absolute atomic E-state index is 13.1. The van der Waals surface area contributed by atoms with Crippen molar-refractivity contribution in [1.82, 2.24) is 9.88 Å². The molecule has 0 bridgehead atoms. The van der Waals surface area contributed by atoms with Gasteiger partial charge in [0.15, 0.2) is 5.41 Å². The summed E-state index contributed by atoms with van der Waals surface area (Å²) in [6.07, 6.45) is 3.91. The number of pyridine rings is 1. The van der Waals surface area contributed by atoms with Crippen LogP contribution < -0.4 is 0 Å². The number of likely N-dealkylation sites (tertiary alicyclic amines) is 1. The Bertz CT molecular complexity index is 778. The highest BCUT2D eigenvalue weighted by atomic mass is 16.5. The average Bonchev–Trinajstić information content (AvgIpc) is 3.00. The van der Waals surface area contributed by atoms with Gasteiger partial charge in [-0.2, -0.15) is 0 Å². The number of carbonyl (C=O) groups is 2. The fourth-order valence-corrected chi connectivity index (χ4v) is 4.32. The standard InChI is InChI=1S/C21H24N2O4/c1-23-14-17(12-15-8-5-4-6-9-15)21(19(24)26-2,20(25)27-3)18(23)16-10-7-11-22-13-16/h4-11,13,17-18H,12,14H2,1-3H3/t17?,18-/m1/s1. The average molecular weight is 368 g/mol. The lowest BCUT2D eigenvalue weighted by Crippen LogP contribution is -2.49. The third-order valence-corrected chi connectivity index (χ3v) is 5.40. The number of rotatable bonds is 5. The van der Waals surface area contributed by atoms with Gasteiger partial charge >= 0.3 is 11.9 Å². The summed E-state index contributed by atoms with van der Waals surface area (Å²) in [5, 5.41) is 0. The van der Waals surface area contributed by atoms with Gasteiger partial charge in [0.1, 0.15) is 0 Å². The monoisotopic (exact) mass is 368 g/mol. The molecule has 1 unspecified atom stereocenters. The molecule has 3 rings (SSSR count). The van der Waals surface area contributed by atoms with Crippen LogP contribution in [0, 0.1) is 11.3 Å². The Balaban J connectivity index is 2.14. The van der Waals surface area contributed by atoms with Crippen LogP contribution in [0.25, 0.3) is 0 Å². The SMILES string of the molecule is COC(=O)C1(C(=O)OC)C(Cc2ccccc2)CN(C)[C@@H]1c1cccnc1. The third-order valence-electron chi connectivity index (χ3n) is 5.40. The Kier molecular flexibility index (Phi) is 5.56. The zero-order valence-corrected chi connectivity index (χ0v) is 15.8. The van der Waals surface area contributed by atoms with Crippen molar-refractivity contribution >= 4 is 11.9 Å². The molecule has 1 aliphatic heterocycles. The first kappa shape index (κ1) is 19.0. The van der Waals surface area contributed by atoms with Crippen LogP contribution in [0.3, 0.4) is 0 Å². The molecular weight excluding hydrogens is 344 g/mol. The minimum atomic E-state index is -1.46. The van der Waals surface area contributed by atoms with E-state index in [2.05, 4.69) is 4.98 Å². The normalized spacial score (nSPS) is 21.6. The van der Waals surface area contributed by atoms with Crippen molar-refractivity contribution in [3.63, 3.8) is 0 Å². The molecule has 1 aromatic carbocycles. The first-order valence-electron chi connectivity index (χ1n) is 8.86. The van der Waals surface area contributed by atoms with E-state index in [0.717, 1.165) is 11.1 Å². The van der Waals surface area contributed by atoms with E-state index in [1.165, 1.54) is 14.2 Å². The van der Waals surface area contributed by atoms with Gasteiger partial charge in [-0.05, 0) is 30.7 Å². The van der Waals surface area contributed by atoms with Gasteiger partial charge in [-0.1, -0.05) is 36.4 Å². The summed E-state index contributed by atoms with van der Waals surface area (Å²) in [7, 11) is 4.53. The number of hydrogen-bond donors (Lipinski definition) is 0. The van der Waals surface area contributed by atoms with E-state index < -0.39 is 23.4 Å². The molecule has 1 aliphatic rings. The van der Waals surface area contributed by atoms with Crippen LogP contribution in [0.1, 0.15) is 17.2 Å². The molecule has 0 spiro atoms. The lowest BCUT2D eigenvalue weighted by atomic mass is 9.69. The first-order chi connectivity index (χ1) is 13.1. The van der Waals surface area contributed by atoms with Crippen molar-refractivity contribution < 1.29 is 19.1 Å². The predicted molar refractivity (Wildman–Crippen MR) is 99.7 cm³/mol. The third kappa shape index (κ3) is 3.21. The van der Waals surface area contributed by atoms with E-state index in [4.69, 9.17) is 9.47 Å². The minimum absolute atomic E-state index is 0.296. The summed E-state index contributed by atoms with van der Waals surface area (Å²) in [5.74, 6) is -1.45. The number of nitrogens with zero attached hydrogens (tertiary/aromatic N) is 2. The molecule has 0 amide bonds. The van der Waals surface area contributed by atoms with Gasteiger partial charge < -0.3 is 9.47 Å². The summed E-state index contributed by atoms with van der Waals surface area (Å²) in [5.41, 5.74) is 0.378. The number of carbonyl (C=O) groups excluding carboxylic acids is 2. The largest absolute Gasteiger partial charge is 0.468 e. The van der Waals surface area contributed by atoms with E-state index in [9.17, 15) is 9.59 Å². The van der Waals surface area contributed by atoms with Crippen molar-refractivity contribution in [3.05, 3.63) is 66.0 Å². The molecule has 1 saturated heterocycles. The molecule has 6 heteroatoms. The summed E-state index contributed by atoms with van der Waals surface area (Å²) in [4.78, 5) is 32.4. The maximum atomic E-state index is 13.1. The fraction of sp³-hybridized carbons (Fsp3) is 0.381. The molecule has 0 N–H and O–H groups in total. The highest BCUT2D eigenvalue weighted by Crippen LogP contribution is 2.52. The molecule has 2 heterocycles. The van der Waals surface area contributed by atoms with Crippen LogP contribution in [0.2, 0.25) is 0 Å². The number of benzene rings is 1. The van der Waals surface area contributed by atoms with Crippen molar-refractivity contribution in [1.29, 1.82) is 0 Å². The molecule has 1 aromatic heterocycles. The summed E-state index contributed by atoms with van der Waals surface area (Å²) < 4.78 is 10.3. The maximum Gasteiger partial charge on any atom is 0.325 e. The van der Waals surface area contributed by atoms with Crippen LogP contribution in [0.15, 0.2) is 54.9 Å². The summed E-state index contributed by atoms with van der Waals surface area (Å²) in [6.45, 7) is 0.554. The molecule has 142 valence electrons. The molecule has 27 heavy (non-hydrogen) atoms. The second-order valence-electron chi connectivity index (χ2n) is 6.87. The lowest BCUT2D eigenvalue weighted by Gasteiger charge is -2.35. The predicted octanol–water partition coefficient (Wildman–Crippen LogP) is 2.26.